The number of aryl methyl sites for hydroxylation is 2. The number of thiophene rings is 1. The van der Waals surface area contributed by atoms with Crippen molar-refractivity contribution in [3.63, 3.8) is 0 Å². The van der Waals surface area contributed by atoms with Crippen LogP contribution in [0.15, 0.2) is 84.4 Å². The van der Waals surface area contributed by atoms with Gasteiger partial charge >= 0.3 is 5.97 Å². The molecule has 0 saturated carbocycles. The summed E-state index contributed by atoms with van der Waals surface area (Å²) in [6.45, 7) is 5.62. The number of nitriles is 1. The predicted molar refractivity (Wildman–Crippen MR) is 150 cm³/mol. The van der Waals surface area contributed by atoms with Gasteiger partial charge < -0.3 is 5.11 Å². The number of carbonyl (C=O) groups excluding carboxylic acids is 1. The van der Waals surface area contributed by atoms with Gasteiger partial charge in [0.2, 0.25) is 0 Å². The van der Waals surface area contributed by atoms with Crippen molar-refractivity contribution < 1.29 is 14.7 Å². The van der Waals surface area contributed by atoms with Gasteiger partial charge in [0, 0.05) is 15.3 Å². The molecule has 0 unspecified atom stereocenters. The molecule has 182 valence electrons. The van der Waals surface area contributed by atoms with Crippen molar-refractivity contribution in [1.29, 1.82) is 5.26 Å². The fourth-order valence-electron chi connectivity index (χ4n) is 3.94. The summed E-state index contributed by atoms with van der Waals surface area (Å²) in [6, 6.07) is 28.2. The third-order valence-corrected chi connectivity index (χ3v) is 7.11. The predicted octanol–water partition coefficient (Wildman–Crippen LogP) is 7.82. The number of rotatable bonds is 7. The Labute approximate surface area is 220 Å². The topological polar surface area (TPSA) is 78.2 Å². The Bertz CT molecular complexity index is 1520. The van der Waals surface area contributed by atoms with Crippen molar-refractivity contribution in [3.05, 3.63) is 123 Å². The van der Waals surface area contributed by atoms with Crippen molar-refractivity contribution in [2.24, 2.45) is 0 Å². The first kappa shape index (κ1) is 25.6. The first-order valence-corrected chi connectivity index (χ1v) is 12.5. The molecular weight excluding hydrogens is 478 g/mol. The molecule has 0 amide bonds. The Morgan fingerprint density at radius 3 is 1.84 bits per heavy atom. The standard InChI is InChI=1S/C32H25NO3S/c1-20-4-10-24(11-5-20)30(25-12-6-21(2)7-13-25)16-23-8-14-26(15-9-23)31-29(22(3)34)18-28(37-31)17-27(19-33)32(35)36/h4-18H,1-3H3,(H,35,36)/b27-17-. The summed E-state index contributed by atoms with van der Waals surface area (Å²) in [5, 5.41) is 18.3. The summed E-state index contributed by atoms with van der Waals surface area (Å²) >= 11 is 1.29. The molecule has 4 rings (SSSR count). The second-order valence-electron chi connectivity index (χ2n) is 8.83. The van der Waals surface area contributed by atoms with Crippen LogP contribution in [0.2, 0.25) is 0 Å². The highest BCUT2D eigenvalue weighted by Gasteiger charge is 2.16. The quantitative estimate of drug-likeness (QED) is 0.121. The van der Waals surface area contributed by atoms with Gasteiger partial charge in [0.25, 0.3) is 0 Å². The minimum Gasteiger partial charge on any atom is -0.477 e. The van der Waals surface area contributed by atoms with Crippen molar-refractivity contribution in [1.82, 2.24) is 0 Å². The van der Waals surface area contributed by atoms with Crippen molar-refractivity contribution >= 4 is 40.8 Å². The average molecular weight is 504 g/mol. The molecule has 1 heterocycles. The van der Waals surface area contributed by atoms with E-state index in [4.69, 9.17) is 5.26 Å². The van der Waals surface area contributed by atoms with Gasteiger partial charge in [-0.1, -0.05) is 83.9 Å². The molecule has 0 fully saturated rings. The second kappa shape index (κ2) is 11.0. The molecule has 0 aliphatic carbocycles. The lowest BCUT2D eigenvalue weighted by atomic mass is 9.94. The molecule has 4 aromatic rings. The Hall–Kier alpha value is -4.53. The molecule has 0 spiro atoms. The maximum Gasteiger partial charge on any atom is 0.346 e. The molecule has 1 N–H and O–H groups in total. The summed E-state index contributed by atoms with van der Waals surface area (Å²) < 4.78 is 0. The average Bonchev–Trinajstić information content (AvgIpc) is 3.32. The molecule has 1 aromatic heterocycles. The molecule has 3 aromatic carbocycles. The van der Waals surface area contributed by atoms with Crippen LogP contribution in [0.1, 0.15) is 50.0 Å². The van der Waals surface area contributed by atoms with Gasteiger partial charge in [0.05, 0.1) is 0 Å². The Kier molecular flexibility index (Phi) is 7.62. The van der Waals surface area contributed by atoms with Gasteiger partial charge in [-0.3, -0.25) is 4.79 Å². The van der Waals surface area contributed by atoms with Crippen molar-refractivity contribution in [2.75, 3.05) is 0 Å². The SMILES string of the molecule is CC(=O)c1cc(/C=C(/C#N)C(=O)O)sc1-c1ccc(C=C(c2ccc(C)cc2)c2ccc(C)cc2)cc1. The molecule has 0 atom stereocenters. The van der Waals surface area contributed by atoms with Gasteiger partial charge in [-0.05, 0) is 66.8 Å². The van der Waals surface area contributed by atoms with E-state index in [0.29, 0.717) is 10.4 Å². The minimum atomic E-state index is -1.30. The zero-order valence-electron chi connectivity index (χ0n) is 20.8. The van der Waals surface area contributed by atoms with Crippen LogP contribution in [-0.2, 0) is 4.79 Å². The smallest absolute Gasteiger partial charge is 0.346 e. The first-order valence-electron chi connectivity index (χ1n) is 11.7. The Morgan fingerprint density at radius 1 is 0.838 bits per heavy atom. The van der Waals surface area contributed by atoms with E-state index in [1.165, 1.54) is 35.5 Å². The van der Waals surface area contributed by atoms with Crippen LogP contribution in [0.4, 0.5) is 0 Å². The zero-order chi connectivity index (χ0) is 26.5. The number of aliphatic carboxylic acids is 1. The molecule has 5 heteroatoms. The fourth-order valence-corrected chi connectivity index (χ4v) is 5.09. The lowest BCUT2D eigenvalue weighted by molar-refractivity contribution is -0.132. The number of hydrogen-bond acceptors (Lipinski definition) is 4. The van der Waals surface area contributed by atoms with E-state index in [2.05, 4.69) is 68.5 Å². The summed E-state index contributed by atoms with van der Waals surface area (Å²) in [6.07, 6.45) is 3.45. The normalized spacial score (nSPS) is 11.0. The van der Waals surface area contributed by atoms with Crippen LogP contribution in [0.3, 0.4) is 0 Å². The number of carbonyl (C=O) groups is 2. The summed E-state index contributed by atoms with van der Waals surface area (Å²) in [4.78, 5) is 24.8. The van der Waals surface area contributed by atoms with Crippen LogP contribution < -0.4 is 0 Å². The molecule has 0 aliphatic heterocycles. The zero-order valence-corrected chi connectivity index (χ0v) is 21.6. The maximum absolute atomic E-state index is 12.3. The number of nitrogens with zero attached hydrogens (tertiary/aromatic N) is 1. The fraction of sp³-hybridized carbons (Fsp3) is 0.0938. The van der Waals surface area contributed by atoms with E-state index < -0.39 is 5.97 Å². The van der Waals surface area contributed by atoms with E-state index >= 15 is 0 Å². The van der Waals surface area contributed by atoms with Gasteiger partial charge in [-0.2, -0.15) is 5.26 Å². The van der Waals surface area contributed by atoms with Crippen molar-refractivity contribution in [3.8, 4) is 16.5 Å². The van der Waals surface area contributed by atoms with Crippen LogP contribution >= 0.6 is 11.3 Å². The van der Waals surface area contributed by atoms with E-state index in [1.54, 1.807) is 12.1 Å². The lowest BCUT2D eigenvalue weighted by Gasteiger charge is -2.11. The highest BCUT2D eigenvalue weighted by atomic mass is 32.1. The monoisotopic (exact) mass is 503 g/mol. The van der Waals surface area contributed by atoms with Gasteiger partial charge in [-0.15, -0.1) is 11.3 Å². The van der Waals surface area contributed by atoms with Crippen LogP contribution in [0.25, 0.3) is 28.2 Å². The largest absolute Gasteiger partial charge is 0.477 e. The van der Waals surface area contributed by atoms with Gasteiger partial charge in [0.1, 0.15) is 11.6 Å². The van der Waals surface area contributed by atoms with Gasteiger partial charge in [0.15, 0.2) is 5.78 Å². The molecule has 0 bridgehead atoms. The first-order chi connectivity index (χ1) is 17.7. The van der Waals surface area contributed by atoms with Crippen LogP contribution in [-0.4, -0.2) is 16.9 Å². The van der Waals surface area contributed by atoms with Crippen molar-refractivity contribution in [2.45, 2.75) is 20.8 Å². The summed E-state index contributed by atoms with van der Waals surface area (Å²) in [5.41, 5.74) is 7.76. The molecular formula is C32H25NO3S. The van der Waals surface area contributed by atoms with Crippen LogP contribution in [0, 0.1) is 25.2 Å². The van der Waals surface area contributed by atoms with E-state index in [0.717, 1.165) is 32.7 Å². The summed E-state index contributed by atoms with van der Waals surface area (Å²) in [5.74, 6) is -1.42. The highest BCUT2D eigenvalue weighted by molar-refractivity contribution is 7.16. The number of ketones is 1. The number of carboxylic acid groups (broad SMARTS) is 1. The third kappa shape index (κ3) is 6.00. The summed E-state index contributed by atoms with van der Waals surface area (Å²) in [7, 11) is 0. The molecule has 4 nitrogen and oxygen atoms in total. The molecule has 0 saturated heterocycles. The number of hydrogen-bond donors (Lipinski definition) is 1. The van der Waals surface area contributed by atoms with E-state index in [1.807, 2.05) is 24.3 Å². The van der Waals surface area contributed by atoms with Gasteiger partial charge in [-0.25, -0.2) is 4.79 Å². The Morgan fingerprint density at radius 2 is 1.38 bits per heavy atom. The van der Waals surface area contributed by atoms with E-state index in [9.17, 15) is 14.7 Å². The third-order valence-electron chi connectivity index (χ3n) is 5.98. The van der Waals surface area contributed by atoms with Crippen LogP contribution in [0.5, 0.6) is 0 Å². The highest BCUT2D eigenvalue weighted by Crippen LogP contribution is 2.35. The molecule has 0 radical (unpaired) electrons. The minimum absolute atomic E-state index is 0.121. The lowest BCUT2D eigenvalue weighted by Crippen LogP contribution is -1.96. The molecule has 0 aliphatic rings. The number of Topliss-reactive ketones (excluding diaryl/α,β-unsaturated/α-hetero) is 1. The maximum atomic E-state index is 12.3. The number of carboxylic acids is 1. The number of benzene rings is 3. The molecule has 37 heavy (non-hydrogen) atoms. The Balaban J connectivity index is 1.74. The second-order valence-corrected chi connectivity index (χ2v) is 9.92. The van der Waals surface area contributed by atoms with E-state index in [-0.39, 0.29) is 11.4 Å².